The summed E-state index contributed by atoms with van der Waals surface area (Å²) in [7, 11) is 0. The standard InChI is InChI=1S/C34H38N4O3/c1-4-38(36)31-15-14-29(22(3)33(31)35)30(20-32(39)41-5-2)26-12-10-24-16-17-37(21-28(24)19-26)34(40)27-13-11-23-8-6-7-9-25(23)18-27/h6-15,18-19,30H,4-5,16-17,20-21,35-36H2,1-3H3. The van der Waals surface area contributed by atoms with E-state index in [4.69, 9.17) is 16.3 Å². The molecule has 4 aromatic rings. The van der Waals surface area contributed by atoms with Crippen molar-refractivity contribution in [3.8, 4) is 0 Å². The number of fused-ring (bicyclic) bond motifs is 2. The highest BCUT2D eigenvalue weighted by molar-refractivity contribution is 5.98. The number of esters is 1. The van der Waals surface area contributed by atoms with Crippen LogP contribution >= 0.6 is 0 Å². The largest absolute Gasteiger partial charge is 0.466 e. The lowest BCUT2D eigenvalue weighted by molar-refractivity contribution is -0.143. The molecule has 0 aliphatic carbocycles. The first-order valence-corrected chi connectivity index (χ1v) is 14.3. The number of rotatable bonds is 8. The molecule has 4 aromatic carbocycles. The number of nitrogens with two attached hydrogens (primary N) is 2. The van der Waals surface area contributed by atoms with Gasteiger partial charge in [0.15, 0.2) is 0 Å². The van der Waals surface area contributed by atoms with Gasteiger partial charge in [0.1, 0.15) is 0 Å². The molecule has 0 saturated heterocycles. The lowest BCUT2D eigenvalue weighted by Gasteiger charge is -2.30. The average molecular weight is 551 g/mol. The molecule has 1 unspecified atom stereocenters. The Morgan fingerprint density at radius 2 is 1.76 bits per heavy atom. The fourth-order valence-corrected chi connectivity index (χ4v) is 5.80. The van der Waals surface area contributed by atoms with Gasteiger partial charge in [-0.2, -0.15) is 0 Å². The second kappa shape index (κ2) is 12.0. The van der Waals surface area contributed by atoms with Crippen LogP contribution in [0.2, 0.25) is 0 Å². The lowest BCUT2D eigenvalue weighted by Crippen LogP contribution is -2.36. The SMILES string of the molecule is CCOC(=O)CC(c1ccc2c(c1)CN(C(=O)c1ccc3ccccc3c1)CC2)c1ccc(N(N)CC)c(N)c1C. The zero-order valence-electron chi connectivity index (χ0n) is 24.0. The molecule has 0 spiro atoms. The zero-order valence-corrected chi connectivity index (χ0v) is 24.0. The number of benzene rings is 4. The molecule has 5 rings (SSSR count). The molecule has 7 heteroatoms. The summed E-state index contributed by atoms with van der Waals surface area (Å²) in [5, 5.41) is 3.78. The lowest BCUT2D eigenvalue weighted by atomic mass is 9.83. The third-order valence-corrected chi connectivity index (χ3v) is 8.16. The Balaban J connectivity index is 1.47. The van der Waals surface area contributed by atoms with Gasteiger partial charge in [0.25, 0.3) is 5.91 Å². The molecule has 1 aliphatic heterocycles. The van der Waals surface area contributed by atoms with Crippen molar-refractivity contribution >= 4 is 34.0 Å². The summed E-state index contributed by atoms with van der Waals surface area (Å²) >= 11 is 0. The molecule has 7 nitrogen and oxygen atoms in total. The van der Waals surface area contributed by atoms with Crippen molar-refractivity contribution in [3.63, 3.8) is 0 Å². The van der Waals surface area contributed by atoms with Gasteiger partial charge in [-0.15, -0.1) is 0 Å². The molecule has 0 saturated carbocycles. The molecule has 1 heterocycles. The summed E-state index contributed by atoms with van der Waals surface area (Å²) < 4.78 is 5.35. The monoisotopic (exact) mass is 550 g/mol. The summed E-state index contributed by atoms with van der Waals surface area (Å²) in [5.74, 6) is 5.66. The Morgan fingerprint density at radius 1 is 0.976 bits per heavy atom. The van der Waals surface area contributed by atoms with E-state index in [-0.39, 0.29) is 24.2 Å². The molecule has 1 amide bonds. The molecular formula is C34H38N4O3. The maximum Gasteiger partial charge on any atom is 0.306 e. The van der Waals surface area contributed by atoms with Crippen LogP contribution in [-0.4, -0.2) is 36.5 Å². The van der Waals surface area contributed by atoms with Gasteiger partial charge >= 0.3 is 5.97 Å². The van der Waals surface area contributed by atoms with Gasteiger partial charge in [0.05, 0.1) is 24.4 Å². The Morgan fingerprint density at radius 3 is 2.51 bits per heavy atom. The third kappa shape index (κ3) is 5.77. The van der Waals surface area contributed by atoms with Crippen molar-refractivity contribution in [2.45, 2.75) is 46.1 Å². The van der Waals surface area contributed by atoms with Crippen LogP contribution in [0.4, 0.5) is 11.4 Å². The topological polar surface area (TPSA) is 102 Å². The van der Waals surface area contributed by atoms with Crippen LogP contribution in [0, 0.1) is 6.92 Å². The second-order valence-electron chi connectivity index (χ2n) is 10.6. The normalized spacial score (nSPS) is 13.5. The first-order valence-electron chi connectivity index (χ1n) is 14.3. The summed E-state index contributed by atoms with van der Waals surface area (Å²) in [4.78, 5) is 28.2. The summed E-state index contributed by atoms with van der Waals surface area (Å²) in [6.07, 6.45) is 0.966. The number of hydrogen-bond donors (Lipinski definition) is 2. The average Bonchev–Trinajstić information content (AvgIpc) is 3.00. The molecule has 0 bridgehead atoms. The second-order valence-corrected chi connectivity index (χ2v) is 10.6. The maximum absolute atomic E-state index is 13.5. The summed E-state index contributed by atoms with van der Waals surface area (Å²) in [6.45, 7) is 7.86. The zero-order chi connectivity index (χ0) is 29.1. The number of ether oxygens (including phenoxy) is 1. The minimum absolute atomic E-state index is 0.0244. The van der Waals surface area contributed by atoms with Crippen LogP contribution in [0.5, 0.6) is 0 Å². The number of carbonyl (C=O) groups excluding carboxylic acids is 2. The minimum atomic E-state index is -0.264. The number of hydrogen-bond acceptors (Lipinski definition) is 6. The van der Waals surface area contributed by atoms with E-state index in [9.17, 15) is 9.59 Å². The van der Waals surface area contributed by atoms with Gasteiger partial charge in [-0.05, 0) is 84.0 Å². The van der Waals surface area contributed by atoms with Crippen LogP contribution in [0.15, 0.2) is 72.8 Å². The van der Waals surface area contributed by atoms with Crippen molar-refractivity contribution in [3.05, 3.63) is 106 Å². The van der Waals surface area contributed by atoms with E-state index >= 15 is 0 Å². The Hall–Kier alpha value is -4.36. The molecule has 0 fully saturated rings. The third-order valence-electron chi connectivity index (χ3n) is 8.16. The highest BCUT2D eigenvalue weighted by atomic mass is 16.5. The van der Waals surface area contributed by atoms with E-state index in [1.54, 1.807) is 5.01 Å². The van der Waals surface area contributed by atoms with Crippen molar-refractivity contribution in [2.75, 3.05) is 30.4 Å². The summed E-state index contributed by atoms with van der Waals surface area (Å²) in [5.41, 5.74) is 13.8. The first kappa shape index (κ1) is 28.2. The van der Waals surface area contributed by atoms with Gasteiger partial charge in [0.2, 0.25) is 0 Å². The molecule has 1 aliphatic rings. The Labute approximate surface area is 241 Å². The van der Waals surface area contributed by atoms with Crippen molar-refractivity contribution < 1.29 is 14.3 Å². The van der Waals surface area contributed by atoms with Crippen LogP contribution in [0.3, 0.4) is 0 Å². The smallest absolute Gasteiger partial charge is 0.306 e. The Kier molecular flexibility index (Phi) is 8.26. The van der Waals surface area contributed by atoms with Gasteiger partial charge in [-0.3, -0.25) is 9.59 Å². The molecule has 4 N–H and O–H groups in total. The number of anilines is 2. The summed E-state index contributed by atoms with van der Waals surface area (Å²) in [6, 6.07) is 24.2. The van der Waals surface area contributed by atoms with Gasteiger partial charge in [0, 0.05) is 31.1 Å². The predicted molar refractivity (Wildman–Crippen MR) is 165 cm³/mol. The van der Waals surface area contributed by atoms with Crippen LogP contribution in [0.1, 0.15) is 64.4 Å². The van der Waals surface area contributed by atoms with E-state index in [1.165, 1.54) is 5.56 Å². The predicted octanol–water partition coefficient (Wildman–Crippen LogP) is 5.71. The van der Waals surface area contributed by atoms with Crippen LogP contribution in [-0.2, 0) is 22.5 Å². The van der Waals surface area contributed by atoms with E-state index in [1.807, 2.05) is 80.3 Å². The molecule has 0 radical (unpaired) electrons. The minimum Gasteiger partial charge on any atom is -0.466 e. The highest BCUT2D eigenvalue weighted by Crippen LogP contribution is 2.38. The van der Waals surface area contributed by atoms with Crippen molar-refractivity contribution in [1.29, 1.82) is 0 Å². The van der Waals surface area contributed by atoms with Gasteiger partial charge in [-0.25, -0.2) is 5.84 Å². The number of hydrazine groups is 1. The van der Waals surface area contributed by atoms with Crippen molar-refractivity contribution in [2.24, 2.45) is 5.84 Å². The quantitative estimate of drug-likeness (QED) is 0.126. The number of carbonyl (C=O) groups is 2. The fourth-order valence-electron chi connectivity index (χ4n) is 5.80. The first-order chi connectivity index (χ1) is 19.8. The highest BCUT2D eigenvalue weighted by Gasteiger charge is 2.27. The molecule has 1 atom stereocenters. The van der Waals surface area contributed by atoms with Crippen LogP contribution in [0.25, 0.3) is 10.8 Å². The van der Waals surface area contributed by atoms with Gasteiger partial charge in [-0.1, -0.05) is 54.6 Å². The maximum atomic E-state index is 13.5. The molecule has 0 aromatic heterocycles. The van der Waals surface area contributed by atoms with E-state index in [2.05, 4.69) is 18.2 Å². The number of nitrogen functional groups attached to an aromatic ring is 1. The number of amides is 1. The van der Waals surface area contributed by atoms with Crippen molar-refractivity contribution in [1.82, 2.24) is 4.90 Å². The van der Waals surface area contributed by atoms with Crippen LogP contribution < -0.4 is 16.6 Å². The molecular weight excluding hydrogens is 512 g/mol. The fraction of sp³-hybridized carbons (Fsp3) is 0.294. The Bertz CT molecular complexity index is 1600. The molecule has 212 valence electrons. The van der Waals surface area contributed by atoms with Gasteiger partial charge < -0.3 is 20.4 Å². The van der Waals surface area contributed by atoms with E-state index in [0.717, 1.165) is 45.1 Å². The number of nitrogens with zero attached hydrogens (tertiary/aromatic N) is 2. The molecule has 41 heavy (non-hydrogen) atoms. The van der Waals surface area contributed by atoms with E-state index in [0.29, 0.717) is 37.5 Å². The van der Waals surface area contributed by atoms with E-state index < -0.39 is 0 Å².